The van der Waals surface area contributed by atoms with Crippen molar-refractivity contribution in [1.29, 1.82) is 0 Å². The van der Waals surface area contributed by atoms with Crippen molar-refractivity contribution in [2.24, 2.45) is 0 Å². The number of hydrogen-bond acceptors (Lipinski definition) is 4. The van der Waals surface area contributed by atoms with Crippen molar-refractivity contribution in [2.45, 2.75) is 0 Å². The summed E-state index contributed by atoms with van der Waals surface area (Å²) >= 11 is 0. The molecule has 2 aromatic heterocycles. The Morgan fingerprint density at radius 1 is 1.04 bits per heavy atom. The Hall–Kier alpha value is -3.41. The Kier molecular flexibility index (Phi) is 3.78. The number of aromatic nitrogens is 3. The van der Waals surface area contributed by atoms with Gasteiger partial charge in [-0.3, -0.25) is 0 Å². The molecule has 4 aromatic rings. The van der Waals surface area contributed by atoms with Gasteiger partial charge in [0.25, 0.3) is 0 Å². The minimum atomic E-state index is -0.441. The van der Waals surface area contributed by atoms with Crippen LogP contribution >= 0.6 is 0 Å². The van der Waals surface area contributed by atoms with E-state index in [0.717, 1.165) is 22.3 Å². The largest absolute Gasteiger partial charge is 0.494 e. The number of aromatic amines is 1. The predicted molar refractivity (Wildman–Crippen MR) is 92.4 cm³/mol. The van der Waals surface area contributed by atoms with Gasteiger partial charge in [-0.25, -0.2) is 14.4 Å². The van der Waals surface area contributed by atoms with Crippen LogP contribution in [0.3, 0.4) is 0 Å². The lowest BCUT2D eigenvalue weighted by Crippen LogP contribution is -1.92. The number of nitrogens with one attached hydrogen (secondary N) is 1. The van der Waals surface area contributed by atoms with Gasteiger partial charge in [0.2, 0.25) is 5.88 Å². The molecule has 0 radical (unpaired) electrons. The lowest BCUT2D eigenvalue weighted by Gasteiger charge is -2.09. The fraction of sp³-hybridized carbons (Fsp3) is 0.0526. The second kappa shape index (κ2) is 6.24. The third-order valence-corrected chi connectivity index (χ3v) is 3.79. The van der Waals surface area contributed by atoms with Crippen molar-refractivity contribution in [2.75, 3.05) is 7.11 Å². The van der Waals surface area contributed by atoms with Crippen LogP contribution in [-0.2, 0) is 0 Å². The maximum atomic E-state index is 13.5. The van der Waals surface area contributed by atoms with E-state index in [4.69, 9.17) is 9.47 Å². The second-order valence-corrected chi connectivity index (χ2v) is 5.39. The number of rotatable bonds is 4. The highest BCUT2D eigenvalue weighted by Crippen LogP contribution is 2.28. The molecule has 0 aliphatic heterocycles. The standard InChI is InChI=1S/C19H14FN3O2/c1-24-18-10-13(6-7-14(18)20)25-19-4-2-3-15(23-19)12-5-8-16-17(9-12)22-11-21-16/h2-11H,1H3,(H,21,22). The molecule has 1 N–H and O–H groups in total. The zero-order valence-corrected chi connectivity index (χ0v) is 13.4. The number of hydrogen-bond donors (Lipinski definition) is 1. The minimum absolute atomic E-state index is 0.123. The molecular formula is C19H14FN3O2. The molecule has 0 amide bonds. The fourth-order valence-corrected chi connectivity index (χ4v) is 2.55. The Morgan fingerprint density at radius 3 is 2.84 bits per heavy atom. The number of fused-ring (bicyclic) bond motifs is 1. The minimum Gasteiger partial charge on any atom is -0.494 e. The molecule has 0 spiro atoms. The van der Waals surface area contributed by atoms with Crippen LogP contribution in [-0.4, -0.2) is 22.1 Å². The van der Waals surface area contributed by atoms with Crippen LogP contribution < -0.4 is 9.47 Å². The summed E-state index contributed by atoms with van der Waals surface area (Å²) in [6, 6.07) is 15.7. The van der Waals surface area contributed by atoms with Crippen LogP contribution in [0.5, 0.6) is 17.4 Å². The molecule has 0 bridgehead atoms. The molecule has 2 heterocycles. The van der Waals surface area contributed by atoms with Crippen molar-refractivity contribution in [3.63, 3.8) is 0 Å². The van der Waals surface area contributed by atoms with Crippen molar-refractivity contribution >= 4 is 11.0 Å². The third kappa shape index (κ3) is 3.01. The number of imidazole rings is 1. The van der Waals surface area contributed by atoms with Gasteiger partial charge in [-0.05, 0) is 30.3 Å². The normalized spacial score (nSPS) is 10.8. The van der Waals surface area contributed by atoms with Gasteiger partial charge in [0, 0.05) is 17.7 Å². The topological polar surface area (TPSA) is 60.0 Å². The van der Waals surface area contributed by atoms with Gasteiger partial charge in [0.15, 0.2) is 11.6 Å². The summed E-state index contributed by atoms with van der Waals surface area (Å²) in [5, 5.41) is 0. The molecule has 0 saturated heterocycles. The molecule has 0 atom stereocenters. The summed E-state index contributed by atoms with van der Waals surface area (Å²) in [6.07, 6.45) is 1.66. The number of H-pyrrole nitrogens is 1. The van der Waals surface area contributed by atoms with E-state index in [0.29, 0.717) is 11.6 Å². The quantitative estimate of drug-likeness (QED) is 0.594. The highest BCUT2D eigenvalue weighted by Gasteiger charge is 2.08. The van der Waals surface area contributed by atoms with Crippen molar-refractivity contribution in [3.05, 3.63) is 66.7 Å². The molecular weight excluding hydrogens is 321 g/mol. The highest BCUT2D eigenvalue weighted by molar-refractivity contribution is 5.80. The summed E-state index contributed by atoms with van der Waals surface area (Å²) in [6.45, 7) is 0. The first kappa shape index (κ1) is 15.1. The lowest BCUT2D eigenvalue weighted by molar-refractivity contribution is 0.380. The van der Waals surface area contributed by atoms with Crippen molar-refractivity contribution in [1.82, 2.24) is 15.0 Å². The molecule has 0 aliphatic carbocycles. The zero-order chi connectivity index (χ0) is 17.2. The van der Waals surface area contributed by atoms with Crippen LogP contribution in [0.4, 0.5) is 4.39 Å². The van der Waals surface area contributed by atoms with Gasteiger partial charge in [0.1, 0.15) is 5.75 Å². The first-order valence-electron chi connectivity index (χ1n) is 7.65. The third-order valence-electron chi connectivity index (χ3n) is 3.79. The first-order chi connectivity index (χ1) is 12.2. The van der Waals surface area contributed by atoms with Crippen LogP contribution in [0.1, 0.15) is 0 Å². The molecule has 0 fully saturated rings. The Morgan fingerprint density at radius 2 is 1.96 bits per heavy atom. The maximum Gasteiger partial charge on any atom is 0.219 e. The molecule has 0 unspecified atom stereocenters. The monoisotopic (exact) mass is 335 g/mol. The van der Waals surface area contributed by atoms with E-state index in [1.165, 1.54) is 25.3 Å². The average molecular weight is 335 g/mol. The molecule has 124 valence electrons. The zero-order valence-electron chi connectivity index (χ0n) is 13.4. The van der Waals surface area contributed by atoms with Gasteiger partial charge >= 0.3 is 0 Å². The van der Waals surface area contributed by atoms with E-state index >= 15 is 0 Å². The van der Waals surface area contributed by atoms with Crippen LogP contribution in [0.2, 0.25) is 0 Å². The Balaban J connectivity index is 1.65. The fourth-order valence-electron chi connectivity index (χ4n) is 2.55. The van der Waals surface area contributed by atoms with E-state index in [1.54, 1.807) is 12.4 Å². The SMILES string of the molecule is COc1cc(Oc2cccc(-c3ccc4[nH]cnc4c3)n2)ccc1F. The highest BCUT2D eigenvalue weighted by atomic mass is 19.1. The number of benzene rings is 2. The van der Waals surface area contributed by atoms with Gasteiger partial charge in [0.05, 0.1) is 30.2 Å². The molecule has 0 saturated carbocycles. The van der Waals surface area contributed by atoms with E-state index in [-0.39, 0.29) is 5.75 Å². The molecule has 5 nitrogen and oxygen atoms in total. The van der Waals surface area contributed by atoms with Gasteiger partial charge < -0.3 is 14.5 Å². The summed E-state index contributed by atoms with van der Waals surface area (Å²) in [4.78, 5) is 11.8. The van der Waals surface area contributed by atoms with Gasteiger partial charge in [-0.1, -0.05) is 12.1 Å². The van der Waals surface area contributed by atoms with Crippen LogP contribution in [0.15, 0.2) is 60.9 Å². The molecule has 0 aliphatic rings. The first-order valence-corrected chi connectivity index (χ1v) is 7.65. The summed E-state index contributed by atoms with van der Waals surface area (Å²) in [7, 11) is 1.41. The summed E-state index contributed by atoms with van der Waals surface area (Å²) in [5.41, 5.74) is 3.53. The van der Waals surface area contributed by atoms with E-state index in [2.05, 4.69) is 15.0 Å². The molecule has 2 aromatic carbocycles. The lowest BCUT2D eigenvalue weighted by atomic mass is 10.1. The molecule has 25 heavy (non-hydrogen) atoms. The van der Waals surface area contributed by atoms with Crippen molar-refractivity contribution < 1.29 is 13.9 Å². The predicted octanol–water partition coefficient (Wildman–Crippen LogP) is 4.56. The maximum absolute atomic E-state index is 13.5. The van der Waals surface area contributed by atoms with E-state index in [9.17, 15) is 4.39 Å². The Labute approximate surface area is 143 Å². The Bertz CT molecular complexity index is 1050. The number of pyridine rings is 1. The summed E-state index contributed by atoms with van der Waals surface area (Å²) in [5.74, 6) is 0.542. The van der Waals surface area contributed by atoms with Gasteiger partial charge in [-0.15, -0.1) is 0 Å². The van der Waals surface area contributed by atoms with Crippen LogP contribution in [0.25, 0.3) is 22.3 Å². The smallest absolute Gasteiger partial charge is 0.219 e. The summed E-state index contributed by atoms with van der Waals surface area (Å²) < 4.78 is 24.2. The number of halogens is 1. The van der Waals surface area contributed by atoms with Crippen molar-refractivity contribution in [3.8, 4) is 28.6 Å². The number of ether oxygens (including phenoxy) is 2. The molecule has 6 heteroatoms. The average Bonchev–Trinajstić information content (AvgIpc) is 3.11. The van der Waals surface area contributed by atoms with E-state index < -0.39 is 5.82 Å². The van der Waals surface area contributed by atoms with Gasteiger partial charge in [-0.2, -0.15) is 0 Å². The number of nitrogens with zero attached hydrogens (tertiary/aromatic N) is 2. The van der Waals surface area contributed by atoms with E-state index in [1.807, 2.05) is 30.3 Å². The van der Waals surface area contributed by atoms with Crippen LogP contribution in [0, 0.1) is 5.82 Å². The number of methoxy groups -OCH3 is 1. The molecule has 4 rings (SSSR count). The second-order valence-electron chi connectivity index (χ2n) is 5.39.